The summed E-state index contributed by atoms with van der Waals surface area (Å²) in [7, 11) is 1.63. The van der Waals surface area contributed by atoms with E-state index in [1.807, 2.05) is 6.92 Å². The highest BCUT2D eigenvalue weighted by atomic mass is 16.5. The fourth-order valence-corrected chi connectivity index (χ4v) is 1.83. The highest BCUT2D eigenvalue weighted by Crippen LogP contribution is 2.09. The van der Waals surface area contributed by atoms with Gasteiger partial charge in [0.25, 0.3) is 5.91 Å². The molecule has 0 radical (unpaired) electrons. The number of pyridine rings is 1. The molecule has 1 rings (SSSR count). The molecule has 1 aromatic rings. The Morgan fingerprint density at radius 1 is 1.52 bits per heavy atom. The summed E-state index contributed by atoms with van der Waals surface area (Å²) in [6, 6.07) is 3.63. The normalized spacial score (nSPS) is 11.4. The van der Waals surface area contributed by atoms with Crippen LogP contribution in [-0.2, 0) is 4.74 Å². The molecule has 0 spiro atoms. The molecule has 0 saturated heterocycles. The van der Waals surface area contributed by atoms with Gasteiger partial charge >= 0.3 is 0 Å². The topological polar surface area (TPSA) is 68.5 Å². The molecule has 0 fully saturated rings. The van der Waals surface area contributed by atoms with Gasteiger partial charge in [-0.25, -0.2) is 4.98 Å². The van der Waals surface area contributed by atoms with E-state index in [1.165, 1.54) is 0 Å². The van der Waals surface area contributed by atoms with Crippen LogP contribution < -0.4 is 5.73 Å². The van der Waals surface area contributed by atoms with Gasteiger partial charge in [0.2, 0.25) is 0 Å². The number of carbonyl (C=O) groups is 1. The molecular weight excluding hydrogens is 266 g/mol. The van der Waals surface area contributed by atoms with Crippen molar-refractivity contribution in [1.29, 1.82) is 0 Å². The number of nitrogens with zero attached hydrogens (tertiary/aromatic N) is 2. The van der Waals surface area contributed by atoms with Crippen molar-refractivity contribution in [2.45, 2.75) is 26.3 Å². The molecule has 1 heterocycles. The van der Waals surface area contributed by atoms with Crippen molar-refractivity contribution in [3.05, 3.63) is 29.6 Å². The lowest BCUT2D eigenvalue weighted by Gasteiger charge is -2.28. The van der Waals surface area contributed by atoms with Gasteiger partial charge in [-0.1, -0.05) is 18.8 Å². The Hall–Kier alpha value is -1.90. The second-order valence-electron chi connectivity index (χ2n) is 4.69. The number of hydrogen-bond acceptors (Lipinski definition) is 4. The first-order valence-corrected chi connectivity index (χ1v) is 7.08. The van der Waals surface area contributed by atoms with Crippen LogP contribution in [0.15, 0.2) is 18.3 Å². The van der Waals surface area contributed by atoms with Gasteiger partial charge in [-0.15, -0.1) is 0 Å². The van der Waals surface area contributed by atoms with E-state index in [0.717, 1.165) is 12.0 Å². The van der Waals surface area contributed by atoms with Crippen molar-refractivity contribution < 1.29 is 9.53 Å². The molecule has 1 atom stereocenters. The number of amides is 1. The monoisotopic (exact) mass is 289 g/mol. The van der Waals surface area contributed by atoms with Crippen LogP contribution in [0, 0.1) is 11.8 Å². The molecule has 114 valence electrons. The van der Waals surface area contributed by atoms with Gasteiger partial charge in [0, 0.05) is 31.5 Å². The van der Waals surface area contributed by atoms with Gasteiger partial charge in [0.1, 0.15) is 5.69 Å². The summed E-state index contributed by atoms with van der Waals surface area (Å²) in [5.41, 5.74) is 6.50. The molecule has 0 saturated carbocycles. The first-order chi connectivity index (χ1) is 10.1. The number of methoxy groups -OCH3 is 1. The molecular formula is C16H23N3O2. The van der Waals surface area contributed by atoms with Gasteiger partial charge in [-0.3, -0.25) is 4.79 Å². The van der Waals surface area contributed by atoms with Crippen molar-refractivity contribution in [2.75, 3.05) is 26.8 Å². The summed E-state index contributed by atoms with van der Waals surface area (Å²) >= 11 is 0. The smallest absolute Gasteiger partial charge is 0.272 e. The van der Waals surface area contributed by atoms with Crippen LogP contribution in [0.2, 0.25) is 0 Å². The molecule has 0 aliphatic rings. The van der Waals surface area contributed by atoms with Crippen LogP contribution in [-0.4, -0.2) is 48.6 Å². The van der Waals surface area contributed by atoms with Crippen LogP contribution in [0.25, 0.3) is 0 Å². The quantitative estimate of drug-likeness (QED) is 0.801. The Bertz CT molecular complexity index is 502. The van der Waals surface area contributed by atoms with Crippen molar-refractivity contribution >= 4 is 5.91 Å². The number of ether oxygens (including phenoxy) is 1. The van der Waals surface area contributed by atoms with Crippen LogP contribution in [0.4, 0.5) is 0 Å². The van der Waals surface area contributed by atoms with E-state index >= 15 is 0 Å². The van der Waals surface area contributed by atoms with E-state index in [-0.39, 0.29) is 11.9 Å². The molecule has 5 heteroatoms. The molecule has 0 aliphatic heterocycles. The Kier molecular flexibility index (Phi) is 7.44. The van der Waals surface area contributed by atoms with Crippen molar-refractivity contribution in [2.24, 2.45) is 5.73 Å². The third-order valence-corrected chi connectivity index (χ3v) is 3.24. The Balaban J connectivity index is 2.87. The summed E-state index contributed by atoms with van der Waals surface area (Å²) in [5.74, 6) is 5.56. The maximum atomic E-state index is 12.5. The second-order valence-corrected chi connectivity index (χ2v) is 4.69. The van der Waals surface area contributed by atoms with Crippen LogP contribution >= 0.6 is 0 Å². The fourth-order valence-electron chi connectivity index (χ4n) is 1.83. The number of hydrogen-bond donors (Lipinski definition) is 1. The van der Waals surface area contributed by atoms with E-state index in [0.29, 0.717) is 25.4 Å². The predicted molar refractivity (Wildman–Crippen MR) is 82.8 cm³/mol. The first-order valence-electron chi connectivity index (χ1n) is 7.08. The zero-order valence-corrected chi connectivity index (χ0v) is 12.9. The van der Waals surface area contributed by atoms with Gasteiger partial charge in [0.15, 0.2) is 0 Å². The van der Waals surface area contributed by atoms with E-state index in [4.69, 9.17) is 10.5 Å². The Morgan fingerprint density at radius 2 is 2.29 bits per heavy atom. The van der Waals surface area contributed by atoms with Gasteiger partial charge < -0.3 is 15.4 Å². The highest BCUT2D eigenvalue weighted by molar-refractivity contribution is 5.92. The van der Waals surface area contributed by atoms with Gasteiger partial charge in [-0.2, -0.15) is 0 Å². The molecule has 0 bridgehead atoms. The summed E-state index contributed by atoms with van der Waals surface area (Å²) in [4.78, 5) is 18.5. The maximum Gasteiger partial charge on any atom is 0.272 e. The van der Waals surface area contributed by atoms with Gasteiger partial charge in [-0.05, 0) is 25.5 Å². The molecule has 5 nitrogen and oxygen atoms in total. The summed E-state index contributed by atoms with van der Waals surface area (Å²) in [6.45, 7) is 5.45. The van der Waals surface area contributed by atoms with Crippen molar-refractivity contribution in [3.8, 4) is 11.8 Å². The minimum Gasteiger partial charge on any atom is -0.383 e. The molecule has 0 aliphatic carbocycles. The fraction of sp³-hybridized carbons (Fsp3) is 0.500. The predicted octanol–water partition coefficient (Wildman–Crippen LogP) is 1.28. The van der Waals surface area contributed by atoms with E-state index in [2.05, 4.69) is 23.7 Å². The summed E-state index contributed by atoms with van der Waals surface area (Å²) in [5, 5.41) is 0. The average molecular weight is 289 g/mol. The minimum atomic E-state index is -0.0836. The van der Waals surface area contributed by atoms with Gasteiger partial charge in [0.05, 0.1) is 13.2 Å². The average Bonchev–Trinajstić information content (AvgIpc) is 2.53. The molecule has 1 aromatic heterocycles. The largest absolute Gasteiger partial charge is 0.383 e. The SMILES string of the molecule is CCC(C)N(CCOC)C(=O)c1ccc(C#CCN)cn1. The molecule has 1 unspecified atom stereocenters. The van der Waals surface area contributed by atoms with Crippen molar-refractivity contribution in [3.63, 3.8) is 0 Å². The maximum absolute atomic E-state index is 12.5. The van der Waals surface area contributed by atoms with E-state index in [1.54, 1.807) is 30.3 Å². The lowest BCUT2D eigenvalue weighted by molar-refractivity contribution is 0.0608. The van der Waals surface area contributed by atoms with Crippen LogP contribution in [0.3, 0.4) is 0 Å². The molecule has 21 heavy (non-hydrogen) atoms. The second kappa shape index (κ2) is 9.11. The zero-order chi connectivity index (χ0) is 15.7. The minimum absolute atomic E-state index is 0.0836. The van der Waals surface area contributed by atoms with E-state index in [9.17, 15) is 4.79 Å². The summed E-state index contributed by atoms with van der Waals surface area (Å²) < 4.78 is 5.07. The lowest BCUT2D eigenvalue weighted by atomic mass is 10.2. The third kappa shape index (κ3) is 5.18. The first kappa shape index (κ1) is 17.2. The number of rotatable bonds is 6. The molecule has 2 N–H and O–H groups in total. The Morgan fingerprint density at radius 3 is 2.81 bits per heavy atom. The summed E-state index contributed by atoms with van der Waals surface area (Å²) in [6.07, 6.45) is 2.48. The number of aromatic nitrogens is 1. The van der Waals surface area contributed by atoms with Crippen molar-refractivity contribution in [1.82, 2.24) is 9.88 Å². The highest BCUT2D eigenvalue weighted by Gasteiger charge is 2.21. The standard InChI is InChI=1S/C16H23N3O2/c1-4-13(2)19(10-11-21-3)16(20)15-8-7-14(12-18-15)6-5-9-17/h7-8,12-13H,4,9-11,17H2,1-3H3. The van der Waals surface area contributed by atoms with Crippen LogP contribution in [0.5, 0.6) is 0 Å². The van der Waals surface area contributed by atoms with Crippen LogP contribution in [0.1, 0.15) is 36.3 Å². The third-order valence-electron chi connectivity index (χ3n) is 3.24. The number of nitrogens with two attached hydrogens (primary N) is 1. The van der Waals surface area contributed by atoms with E-state index < -0.39 is 0 Å². The number of carbonyl (C=O) groups excluding carboxylic acids is 1. The molecule has 0 aromatic carbocycles. The zero-order valence-electron chi connectivity index (χ0n) is 12.9. The molecule has 1 amide bonds. The lowest BCUT2D eigenvalue weighted by Crippen LogP contribution is -2.40. The Labute approximate surface area is 126 Å².